The van der Waals surface area contributed by atoms with Crippen molar-refractivity contribution in [3.8, 4) is 0 Å². The van der Waals surface area contributed by atoms with E-state index in [2.05, 4.69) is 0 Å². The Kier molecular flexibility index (Phi) is 2.06. The number of nitrogens with two attached hydrogens (primary N) is 1. The van der Waals surface area contributed by atoms with Gasteiger partial charge in [-0.3, -0.25) is 0 Å². The van der Waals surface area contributed by atoms with E-state index < -0.39 is 0 Å². The predicted molar refractivity (Wildman–Crippen MR) is 64.9 cm³/mol. The van der Waals surface area contributed by atoms with Crippen LogP contribution in [0.2, 0.25) is 0 Å². The molecule has 2 aromatic heterocycles. The number of furan rings is 1. The van der Waals surface area contributed by atoms with Crippen molar-refractivity contribution in [2.75, 3.05) is 0 Å². The van der Waals surface area contributed by atoms with Gasteiger partial charge in [-0.05, 0) is 24.1 Å². The summed E-state index contributed by atoms with van der Waals surface area (Å²) in [6.07, 6.45) is 1.68. The average molecular weight is 229 g/mol. The molecule has 4 heteroatoms. The topological polar surface area (TPSA) is 69.4 Å². The first-order valence-corrected chi connectivity index (χ1v) is 5.33. The molecule has 4 nitrogen and oxygen atoms in total. The summed E-state index contributed by atoms with van der Waals surface area (Å²) in [4.78, 5) is 11.4. The Labute approximate surface area is 96.6 Å². The molecule has 17 heavy (non-hydrogen) atoms. The van der Waals surface area contributed by atoms with E-state index in [1.54, 1.807) is 12.3 Å². The molecule has 0 bridgehead atoms. The Morgan fingerprint density at radius 2 is 2.00 bits per heavy atom. The smallest absolute Gasteiger partial charge is 0.336 e. The second-order valence-corrected chi connectivity index (χ2v) is 4.06. The molecule has 0 saturated heterocycles. The van der Waals surface area contributed by atoms with Gasteiger partial charge in [0.1, 0.15) is 11.2 Å². The number of hydrogen-bond acceptors (Lipinski definition) is 4. The van der Waals surface area contributed by atoms with Crippen LogP contribution in [0.1, 0.15) is 11.1 Å². The van der Waals surface area contributed by atoms with Crippen molar-refractivity contribution in [1.82, 2.24) is 0 Å². The van der Waals surface area contributed by atoms with Crippen molar-refractivity contribution < 1.29 is 8.83 Å². The monoisotopic (exact) mass is 229 g/mol. The quantitative estimate of drug-likeness (QED) is 0.650. The molecular formula is C13H11NO3. The largest absolute Gasteiger partial charge is 0.464 e. The van der Waals surface area contributed by atoms with Gasteiger partial charge in [0.2, 0.25) is 0 Å². The zero-order valence-corrected chi connectivity index (χ0v) is 9.32. The van der Waals surface area contributed by atoms with E-state index >= 15 is 0 Å². The molecule has 0 aliphatic heterocycles. The summed E-state index contributed by atoms with van der Waals surface area (Å²) in [5.41, 5.74) is 8.32. The van der Waals surface area contributed by atoms with Crippen LogP contribution in [0.15, 0.2) is 38.1 Å². The van der Waals surface area contributed by atoms with E-state index in [9.17, 15) is 4.79 Å². The molecule has 0 radical (unpaired) electrons. The molecule has 0 atom stereocenters. The van der Waals surface area contributed by atoms with Crippen LogP contribution in [0.3, 0.4) is 0 Å². The van der Waals surface area contributed by atoms with Gasteiger partial charge < -0.3 is 14.6 Å². The lowest BCUT2D eigenvalue weighted by Crippen LogP contribution is -2.04. The van der Waals surface area contributed by atoms with Crippen LogP contribution in [0, 0.1) is 6.92 Å². The van der Waals surface area contributed by atoms with Gasteiger partial charge in [0.15, 0.2) is 0 Å². The predicted octanol–water partition coefficient (Wildman–Crippen LogP) is 2.31. The van der Waals surface area contributed by atoms with Crippen molar-refractivity contribution in [2.45, 2.75) is 13.5 Å². The number of aryl methyl sites for hydroxylation is 1. The molecule has 0 spiro atoms. The molecule has 0 fully saturated rings. The Balaban J connectivity index is 2.53. The third-order valence-electron chi connectivity index (χ3n) is 2.94. The highest BCUT2D eigenvalue weighted by molar-refractivity contribution is 5.95. The van der Waals surface area contributed by atoms with E-state index in [0.29, 0.717) is 17.7 Å². The lowest BCUT2D eigenvalue weighted by Gasteiger charge is -2.02. The Hall–Kier alpha value is -2.07. The van der Waals surface area contributed by atoms with Crippen molar-refractivity contribution >= 4 is 21.9 Å². The summed E-state index contributed by atoms with van der Waals surface area (Å²) < 4.78 is 10.5. The SMILES string of the molecule is Cc1coc2cc3oc(=O)cc(CN)c3cc12. The molecule has 1 aromatic carbocycles. The summed E-state index contributed by atoms with van der Waals surface area (Å²) in [5, 5.41) is 1.88. The summed E-state index contributed by atoms with van der Waals surface area (Å²) in [7, 11) is 0. The van der Waals surface area contributed by atoms with Crippen LogP contribution in [-0.2, 0) is 6.54 Å². The van der Waals surface area contributed by atoms with Crippen LogP contribution >= 0.6 is 0 Å². The van der Waals surface area contributed by atoms with Gasteiger partial charge >= 0.3 is 5.63 Å². The maximum Gasteiger partial charge on any atom is 0.336 e. The van der Waals surface area contributed by atoms with Gasteiger partial charge in [0.05, 0.1) is 6.26 Å². The molecule has 0 saturated carbocycles. The Morgan fingerprint density at radius 3 is 2.76 bits per heavy atom. The van der Waals surface area contributed by atoms with Crippen LogP contribution in [-0.4, -0.2) is 0 Å². The van der Waals surface area contributed by atoms with E-state index in [1.165, 1.54) is 6.07 Å². The summed E-state index contributed by atoms with van der Waals surface area (Å²) in [5.74, 6) is 0. The molecule has 3 rings (SSSR count). The van der Waals surface area contributed by atoms with E-state index in [-0.39, 0.29) is 5.63 Å². The maximum absolute atomic E-state index is 11.4. The van der Waals surface area contributed by atoms with Crippen molar-refractivity contribution in [1.29, 1.82) is 0 Å². The van der Waals surface area contributed by atoms with Crippen molar-refractivity contribution in [3.05, 3.63) is 46.0 Å². The number of rotatable bonds is 1. The molecule has 0 unspecified atom stereocenters. The zero-order chi connectivity index (χ0) is 12.0. The first-order valence-electron chi connectivity index (χ1n) is 5.33. The van der Waals surface area contributed by atoms with Crippen LogP contribution in [0.4, 0.5) is 0 Å². The van der Waals surface area contributed by atoms with Crippen molar-refractivity contribution in [3.63, 3.8) is 0 Å². The minimum atomic E-state index is -0.388. The lowest BCUT2D eigenvalue weighted by molar-refractivity contribution is 0.557. The average Bonchev–Trinajstić information content (AvgIpc) is 2.67. The second kappa shape index (κ2) is 3.46. The minimum Gasteiger partial charge on any atom is -0.464 e. The van der Waals surface area contributed by atoms with Gasteiger partial charge in [-0.25, -0.2) is 4.79 Å². The number of benzene rings is 1. The van der Waals surface area contributed by atoms with Gasteiger partial charge in [-0.2, -0.15) is 0 Å². The lowest BCUT2D eigenvalue weighted by atomic mass is 10.1. The van der Waals surface area contributed by atoms with Crippen molar-refractivity contribution in [2.24, 2.45) is 5.73 Å². The fourth-order valence-corrected chi connectivity index (χ4v) is 2.04. The van der Waals surface area contributed by atoms with Crippen LogP contribution in [0.25, 0.3) is 21.9 Å². The van der Waals surface area contributed by atoms with Gasteiger partial charge in [-0.15, -0.1) is 0 Å². The minimum absolute atomic E-state index is 0.310. The molecule has 0 amide bonds. The number of hydrogen-bond donors (Lipinski definition) is 1. The fraction of sp³-hybridized carbons (Fsp3) is 0.154. The molecule has 86 valence electrons. The third kappa shape index (κ3) is 1.45. The zero-order valence-electron chi connectivity index (χ0n) is 9.32. The standard InChI is InChI=1S/C13H11NO3/c1-7-6-16-11-4-12-10(3-9(7)11)8(5-14)2-13(15)17-12/h2-4,6H,5,14H2,1H3. The van der Waals surface area contributed by atoms with E-state index in [4.69, 9.17) is 14.6 Å². The van der Waals surface area contributed by atoms with E-state index in [1.807, 2.05) is 13.0 Å². The summed E-state index contributed by atoms with van der Waals surface area (Å²) in [6, 6.07) is 5.12. The Bertz CT molecular complexity index is 767. The highest BCUT2D eigenvalue weighted by Gasteiger charge is 2.09. The first kappa shape index (κ1) is 10.1. The second-order valence-electron chi connectivity index (χ2n) is 4.06. The van der Waals surface area contributed by atoms with E-state index in [0.717, 1.165) is 21.9 Å². The first-order chi connectivity index (χ1) is 8.19. The van der Waals surface area contributed by atoms with Crippen LogP contribution < -0.4 is 11.4 Å². The van der Waals surface area contributed by atoms with Crippen LogP contribution in [0.5, 0.6) is 0 Å². The fourth-order valence-electron chi connectivity index (χ4n) is 2.04. The molecule has 0 aliphatic carbocycles. The molecule has 2 heterocycles. The van der Waals surface area contributed by atoms with Gasteiger partial charge in [0, 0.05) is 29.4 Å². The maximum atomic E-state index is 11.4. The molecule has 2 N–H and O–H groups in total. The normalized spacial score (nSPS) is 11.4. The van der Waals surface area contributed by atoms with Gasteiger partial charge in [-0.1, -0.05) is 0 Å². The summed E-state index contributed by atoms with van der Waals surface area (Å²) in [6.45, 7) is 2.28. The Morgan fingerprint density at radius 1 is 1.18 bits per heavy atom. The molecule has 3 aromatic rings. The highest BCUT2D eigenvalue weighted by Crippen LogP contribution is 2.27. The molecular weight excluding hydrogens is 218 g/mol. The highest BCUT2D eigenvalue weighted by atomic mass is 16.4. The number of fused-ring (bicyclic) bond motifs is 2. The molecule has 0 aliphatic rings. The van der Waals surface area contributed by atoms with Gasteiger partial charge in [0.25, 0.3) is 0 Å². The third-order valence-corrected chi connectivity index (χ3v) is 2.94. The summed E-state index contributed by atoms with van der Waals surface area (Å²) >= 11 is 0.